The molecule has 2 aromatic rings. The average molecular weight is 400 g/mol. The van der Waals surface area contributed by atoms with Gasteiger partial charge in [0.1, 0.15) is 11.3 Å². The van der Waals surface area contributed by atoms with Gasteiger partial charge in [0.05, 0.1) is 31.7 Å². The number of esters is 1. The number of amides is 1. The van der Waals surface area contributed by atoms with E-state index in [9.17, 15) is 9.59 Å². The number of carbonyl (C=O) groups excluding carboxylic acids is 2. The lowest BCUT2D eigenvalue weighted by Gasteiger charge is -2.47. The predicted octanol–water partition coefficient (Wildman–Crippen LogP) is 2.44. The number of likely N-dealkylation sites (tertiary alicyclic amines) is 2. The molecule has 2 aliphatic rings. The van der Waals surface area contributed by atoms with Crippen LogP contribution in [0.4, 0.5) is 0 Å². The summed E-state index contributed by atoms with van der Waals surface area (Å²) in [6.45, 7) is 3.28. The maximum absolute atomic E-state index is 12.7. The van der Waals surface area contributed by atoms with Gasteiger partial charge in [-0.2, -0.15) is 0 Å². The van der Waals surface area contributed by atoms with Crippen LogP contribution in [0.25, 0.3) is 11.0 Å². The van der Waals surface area contributed by atoms with E-state index in [4.69, 9.17) is 13.9 Å². The Labute approximate surface area is 170 Å². The summed E-state index contributed by atoms with van der Waals surface area (Å²) in [6, 6.07) is 10.1. The lowest BCUT2D eigenvalue weighted by atomic mass is 9.76. The smallest absolute Gasteiger partial charge is 0.311 e. The third kappa shape index (κ3) is 3.65. The first kappa shape index (κ1) is 19.9. The van der Waals surface area contributed by atoms with Crippen molar-refractivity contribution in [3.63, 3.8) is 0 Å². The van der Waals surface area contributed by atoms with Gasteiger partial charge in [-0.25, -0.2) is 0 Å². The number of rotatable bonds is 6. The zero-order valence-corrected chi connectivity index (χ0v) is 17.1. The first-order valence-electron chi connectivity index (χ1n) is 10.1. The van der Waals surface area contributed by atoms with Crippen LogP contribution < -0.4 is 0 Å². The Kier molecular flexibility index (Phi) is 5.61. The Morgan fingerprint density at radius 2 is 2.00 bits per heavy atom. The van der Waals surface area contributed by atoms with Crippen LogP contribution in [0.3, 0.4) is 0 Å². The molecule has 2 fully saturated rings. The Bertz CT molecular complexity index is 851. The molecule has 1 spiro atoms. The molecule has 7 heteroatoms. The summed E-state index contributed by atoms with van der Waals surface area (Å²) in [5.41, 5.74) is 0.418. The number of benzene rings is 1. The van der Waals surface area contributed by atoms with Crippen molar-refractivity contribution in [3.8, 4) is 0 Å². The van der Waals surface area contributed by atoms with Gasteiger partial charge in [-0.15, -0.1) is 0 Å². The number of ether oxygens (including phenoxy) is 2. The highest BCUT2D eigenvalue weighted by molar-refractivity contribution is 5.89. The van der Waals surface area contributed by atoms with Crippen LogP contribution >= 0.6 is 0 Å². The number of furan rings is 1. The predicted molar refractivity (Wildman–Crippen MR) is 107 cm³/mol. The van der Waals surface area contributed by atoms with E-state index in [2.05, 4.69) is 11.0 Å². The molecule has 7 nitrogen and oxygen atoms in total. The first-order valence-corrected chi connectivity index (χ1v) is 10.1. The van der Waals surface area contributed by atoms with E-state index in [1.54, 1.807) is 7.11 Å². The minimum Gasteiger partial charge on any atom is -0.469 e. The zero-order valence-electron chi connectivity index (χ0n) is 17.1. The van der Waals surface area contributed by atoms with Gasteiger partial charge in [0, 0.05) is 38.6 Å². The monoisotopic (exact) mass is 400 g/mol. The molecule has 1 amide bonds. The zero-order chi connectivity index (χ0) is 20.4. The fourth-order valence-corrected chi connectivity index (χ4v) is 4.94. The molecular formula is C22H28N2O5. The quantitative estimate of drug-likeness (QED) is 0.694. The molecule has 1 unspecified atom stereocenters. The fourth-order valence-electron chi connectivity index (χ4n) is 4.94. The van der Waals surface area contributed by atoms with Crippen LogP contribution in [0.1, 0.15) is 25.0 Å². The SMILES string of the molecule is COCCN1C(=O)CC(C(=O)OC)C12CCN(Cc1cc3ccccc3o1)CC2. The van der Waals surface area contributed by atoms with E-state index in [-0.39, 0.29) is 18.3 Å². The average Bonchev–Trinajstić information content (AvgIpc) is 3.26. The van der Waals surface area contributed by atoms with E-state index in [1.165, 1.54) is 7.11 Å². The number of nitrogens with zero attached hydrogens (tertiary/aromatic N) is 2. The lowest BCUT2D eigenvalue weighted by molar-refractivity contribution is -0.150. The molecule has 1 atom stereocenters. The van der Waals surface area contributed by atoms with Crippen molar-refractivity contribution >= 4 is 22.8 Å². The van der Waals surface area contributed by atoms with Crippen LogP contribution in [0.5, 0.6) is 0 Å². The number of hydrogen-bond donors (Lipinski definition) is 0. The van der Waals surface area contributed by atoms with Crippen molar-refractivity contribution in [2.45, 2.75) is 31.3 Å². The molecule has 29 heavy (non-hydrogen) atoms. The van der Waals surface area contributed by atoms with Crippen molar-refractivity contribution in [2.24, 2.45) is 5.92 Å². The van der Waals surface area contributed by atoms with Crippen molar-refractivity contribution in [1.82, 2.24) is 9.80 Å². The second kappa shape index (κ2) is 8.16. The minimum absolute atomic E-state index is 0.0168. The molecule has 3 heterocycles. The summed E-state index contributed by atoms with van der Waals surface area (Å²) in [4.78, 5) is 29.4. The van der Waals surface area contributed by atoms with Gasteiger partial charge >= 0.3 is 5.97 Å². The summed E-state index contributed by atoms with van der Waals surface area (Å²) >= 11 is 0. The largest absolute Gasteiger partial charge is 0.469 e. The number of methoxy groups -OCH3 is 2. The van der Waals surface area contributed by atoms with E-state index in [0.29, 0.717) is 13.2 Å². The summed E-state index contributed by atoms with van der Waals surface area (Å²) in [7, 11) is 3.02. The van der Waals surface area contributed by atoms with E-state index in [0.717, 1.165) is 49.2 Å². The maximum atomic E-state index is 12.7. The second-order valence-electron chi connectivity index (χ2n) is 7.95. The highest BCUT2D eigenvalue weighted by Crippen LogP contribution is 2.44. The fraction of sp³-hybridized carbons (Fsp3) is 0.545. The van der Waals surface area contributed by atoms with Crippen molar-refractivity contribution in [3.05, 3.63) is 36.1 Å². The molecule has 0 N–H and O–H groups in total. The van der Waals surface area contributed by atoms with Crippen LogP contribution in [0, 0.1) is 5.92 Å². The summed E-state index contributed by atoms with van der Waals surface area (Å²) < 4.78 is 16.2. The molecule has 4 rings (SSSR count). The number of piperidine rings is 1. The lowest BCUT2D eigenvalue weighted by Crippen LogP contribution is -2.58. The number of hydrogen-bond acceptors (Lipinski definition) is 6. The molecule has 2 saturated heterocycles. The van der Waals surface area contributed by atoms with Crippen LogP contribution in [-0.2, 0) is 25.6 Å². The molecular weight excluding hydrogens is 372 g/mol. The van der Waals surface area contributed by atoms with Crippen LogP contribution in [0.2, 0.25) is 0 Å². The van der Waals surface area contributed by atoms with Crippen molar-refractivity contribution in [2.75, 3.05) is 40.5 Å². The van der Waals surface area contributed by atoms with Gasteiger partial charge in [0.2, 0.25) is 5.91 Å². The molecule has 0 saturated carbocycles. The van der Waals surface area contributed by atoms with Crippen LogP contribution in [0.15, 0.2) is 34.7 Å². The molecule has 0 bridgehead atoms. The molecule has 156 valence electrons. The Balaban J connectivity index is 1.49. The number of carbonyl (C=O) groups is 2. The maximum Gasteiger partial charge on any atom is 0.311 e. The number of para-hydroxylation sites is 1. The molecule has 1 aromatic carbocycles. The van der Waals surface area contributed by atoms with Crippen LogP contribution in [-0.4, -0.2) is 67.7 Å². The van der Waals surface area contributed by atoms with Gasteiger partial charge in [-0.1, -0.05) is 18.2 Å². The van der Waals surface area contributed by atoms with Gasteiger partial charge in [-0.05, 0) is 25.0 Å². The van der Waals surface area contributed by atoms with Crippen molar-refractivity contribution < 1.29 is 23.5 Å². The van der Waals surface area contributed by atoms with Gasteiger partial charge in [0.15, 0.2) is 0 Å². The molecule has 2 aliphatic heterocycles. The van der Waals surface area contributed by atoms with Gasteiger partial charge in [-0.3, -0.25) is 14.5 Å². The van der Waals surface area contributed by atoms with E-state index < -0.39 is 11.5 Å². The van der Waals surface area contributed by atoms with E-state index in [1.807, 2.05) is 29.2 Å². The Morgan fingerprint density at radius 3 is 2.69 bits per heavy atom. The number of fused-ring (bicyclic) bond motifs is 1. The molecule has 0 aliphatic carbocycles. The summed E-state index contributed by atoms with van der Waals surface area (Å²) in [5.74, 6) is 0.253. The van der Waals surface area contributed by atoms with Crippen molar-refractivity contribution in [1.29, 1.82) is 0 Å². The van der Waals surface area contributed by atoms with Gasteiger partial charge < -0.3 is 18.8 Å². The normalized spacial score (nSPS) is 21.9. The molecule has 0 radical (unpaired) electrons. The second-order valence-corrected chi connectivity index (χ2v) is 7.95. The van der Waals surface area contributed by atoms with Gasteiger partial charge in [0.25, 0.3) is 0 Å². The first-order chi connectivity index (χ1) is 14.1. The third-order valence-corrected chi connectivity index (χ3v) is 6.45. The Hall–Kier alpha value is -2.38. The highest BCUT2D eigenvalue weighted by Gasteiger charge is 2.56. The topological polar surface area (TPSA) is 72.2 Å². The minimum atomic E-state index is -0.479. The third-order valence-electron chi connectivity index (χ3n) is 6.45. The standard InChI is InChI=1S/C22H28N2O5/c1-27-12-11-24-20(25)14-18(21(26)28-2)22(24)7-9-23(10-8-22)15-17-13-16-5-3-4-6-19(16)29-17/h3-6,13,18H,7-12,14-15H2,1-2H3. The highest BCUT2D eigenvalue weighted by atomic mass is 16.5. The summed E-state index contributed by atoms with van der Waals surface area (Å²) in [6.07, 6.45) is 1.70. The summed E-state index contributed by atoms with van der Waals surface area (Å²) in [5, 5.41) is 1.11. The Morgan fingerprint density at radius 1 is 1.24 bits per heavy atom. The van der Waals surface area contributed by atoms with E-state index >= 15 is 0 Å². The molecule has 1 aromatic heterocycles.